The Hall–Kier alpha value is 0.270. The average molecular weight is 256 g/mol. The van der Waals surface area contributed by atoms with Crippen molar-refractivity contribution in [1.29, 1.82) is 0 Å². The number of thioether (sulfide) groups is 1. The smallest absolute Gasteiger partial charge is 0.0447 e. The third-order valence-corrected chi connectivity index (χ3v) is 6.44. The number of rotatable bonds is 2. The summed E-state index contributed by atoms with van der Waals surface area (Å²) in [5, 5.41) is 0.697. The van der Waals surface area contributed by atoms with Crippen LogP contribution in [-0.4, -0.2) is 41.1 Å². The SMILES string of the molecule is CC1SCCCC1(CN)N1CCC(C)(C)CC1. The highest BCUT2D eigenvalue weighted by atomic mass is 32.2. The van der Waals surface area contributed by atoms with Gasteiger partial charge in [0, 0.05) is 17.3 Å². The third-order valence-electron chi connectivity index (χ3n) is 4.98. The standard InChI is InChI=1S/C14H28N2S/c1-12-14(11-15,5-4-10-17-12)16-8-6-13(2,3)7-9-16/h12H,4-11,15H2,1-3H3. The fourth-order valence-corrected chi connectivity index (χ4v) is 4.70. The van der Waals surface area contributed by atoms with Crippen molar-refractivity contribution in [2.45, 2.75) is 57.2 Å². The van der Waals surface area contributed by atoms with E-state index in [-0.39, 0.29) is 0 Å². The van der Waals surface area contributed by atoms with E-state index in [0.717, 1.165) is 6.54 Å². The molecule has 2 fully saturated rings. The molecule has 0 bridgehead atoms. The van der Waals surface area contributed by atoms with Crippen LogP contribution in [0.4, 0.5) is 0 Å². The maximum absolute atomic E-state index is 6.17. The number of hydrogen-bond donors (Lipinski definition) is 1. The van der Waals surface area contributed by atoms with E-state index in [1.165, 1.54) is 44.5 Å². The Labute approximate surface area is 111 Å². The molecule has 0 aromatic carbocycles. The minimum Gasteiger partial charge on any atom is -0.329 e. The quantitative estimate of drug-likeness (QED) is 0.824. The molecule has 3 heteroatoms. The summed E-state index contributed by atoms with van der Waals surface area (Å²) in [5.74, 6) is 1.32. The first-order valence-corrected chi connectivity index (χ1v) is 8.12. The highest BCUT2D eigenvalue weighted by Crippen LogP contribution is 2.41. The zero-order valence-corrected chi connectivity index (χ0v) is 12.5. The van der Waals surface area contributed by atoms with Gasteiger partial charge >= 0.3 is 0 Å². The predicted octanol–water partition coefficient (Wildman–Crippen LogP) is 2.72. The fourth-order valence-electron chi connectivity index (χ4n) is 3.37. The number of nitrogens with two attached hydrogens (primary N) is 1. The largest absolute Gasteiger partial charge is 0.329 e. The molecule has 17 heavy (non-hydrogen) atoms. The lowest BCUT2D eigenvalue weighted by atomic mass is 9.78. The molecule has 0 aromatic heterocycles. The van der Waals surface area contributed by atoms with E-state index < -0.39 is 0 Å². The molecule has 0 radical (unpaired) electrons. The van der Waals surface area contributed by atoms with Crippen LogP contribution < -0.4 is 5.73 Å². The Bertz CT molecular complexity index is 257. The monoisotopic (exact) mass is 256 g/mol. The van der Waals surface area contributed by atoms with Crippen LogP contribution >= 0.6 is 11.8 Å². The van der Waals surface area contributed by atoms with Gasteiger partial charge in [-0.2, -0.15) is 11.8 Å². The highest BCUT2D eigenvalue weighted by molar-refractivity contribution is 8.00. The summed E-state index contributed by atoms with van der Waals surface area (Å²) in [5.41, 5.74) is 7.00. The summed E-state index contributed by atoms with van der Waals surface area (Å²) in [6.45, 7) is 10.5. The van der Waals surface area contributed by atoms with E-state index >= 15 is 0 Å². The van der Waals surface area contributed by atoms with E-state index in [4.69, 9.17) is 5.73 Å². The highest BCUT2D eigenvalue weighted by Gasteiger charge is 2.44. The molecule has 2 rings (SSSR count). The van der Waals surface area contributed by atoms with Crippen molar-refractivity contribution in [3.05, 3.63) is 0 Å². The van der Waals surface area contributed by atoms with Gasteiger partial charge in [-0.15, -0.1) is 0 Å². The summed E-state index contributed by atoms with van der Waals surface area (Å²) in [7, 11) is 0. The maximum Gasteiger partial charge on any atom is 0.0447 e. The van der Waals surface area contributed by atoms with E-state index in [9.17, 15) is 0 Å². The van der Waals surface area contributed by atoms with Crippen LogP contribution in [0, 0.1) is 5.41 Å². The van der Waals surface area contributed by atoms with Gasteiger partial charge in [-0.05, 0) is 49.9 Å². The Morgan fingerprint density at radius 1 is 1.24 bits per heavy atom. The zero-order valence-electron chi connectivity index (χ0n) is 11.7. The lowest BCUT2D eigenvalue weighted by Crippen LogP contribution is -2.63. The lowest BCUT2D eigenvalue weighted by molar-refractivity contribution is 0.0253. The molecule has 2 nitrogen and oxygen atoms in total. The topological polar surface area (TPSA) is 29.3 Å². The molecule has 2 saturated heterocycles. The molecule has 0 amide bonds. The molecule has 2 atom stereocenters. The second-order valence-electron chi connectivity index (χ2n) is 6.58. The second-order valence-corrected chi connectivity index (χ2v) is 8.02. The Morgan fingerprint density at radius 3 is 2.41 bits per heavy atom. The molecule has 2 aliphatic rings. The van der Waals surface area contributed by atoms with Crippen LogP contribution in [0.1, 0.15) is 46.5 Å². The number of piperidine rings is 1. The third kappa shape index (κ3) is 2.66. The van der Waals surface area contributed by atoms with E-state index in [1.54, 1.807) is 0 Å². The normalized spacial score (nSPS) is 39.2. The van der Waals surface area contributed by atoms with Crippen LogP contribution in [0.15, 0.2) is 0 Å². The zero-order chi connectivity index (χ0) is 12.5. The molecule has 100 valence electrons. The summed E-state index contributed by atoms with van der Waals surface area (Å²) >= 11 is 2.12. The van der Waals surface area contributed by atoms with Crippen LogP contribution in [0.25, 0.3) is 0 Å². The van der Waals surface area contributed by atoms with Gasteiger partial charge in [-0.1, -0.05) is 20.8 Å². The Balaban J connectivity index is 2.08. The van der Waals surface area contributed by atoms with Gasteiger partial charge in [0.25, 0.3) is 0 Å². The summed E-state index contributed by atoms with van der Waals surface area (Å²) < 4.78 is 0. The van der Waals surface area contributed by atoms with Gasteiger partial charge in [0.1, 0.15) is 0 Å². The Morgan fingerprint density at radius 2 is 1.88 bits per heavy atom. The molecule has 2 unspecified atom stereocenters. The number of hydrogen-bond acceptors (Lipinski definition) is 3. The molecule has 0 aliphatic carbocycles. The van der Waals surface area contributed by atoms with Crippen molar-refractivity contribution in [1.82, 2.24) is 4.90 Å². The summed E-state index contributed by atoms with van der Waals surface area (Å²) in [6, 6.07) is 0. The minimum atomic E-state index is 0.291. The molecular formula is C14H28N2S. The maximum atomic E-state index is 6.17. The van der Waals surface area contributed by atoms with Gasteiger partial charge < -0.3 is 5.73 Å². The average Bonchev–Trinajstić information content (AvgIpc) is 2.30. The van der Waals surface area contributed by atoms with Crippen LogP contribution in [0.2, 0.25) is 0 Å². The van der Waals surface area contributed by atoms with Gasteiger partial charge in [-0.25, -0.2) is 0 Å². The van der Waals surface area contributed by atoms with Crippen LogP contribution in [-0.2, 0) is 0 Å². The number of nitrogens with zero attached hydrogens (tertiary/aromatic N) is 1. The first kappa shape index (κ1) is 13.7. The molecule has 2 N–H and O–H groups in total. The van der Waals surface area contributed by atoms with E-state index in [1.807, 2.05) is 0 Å². The van der Waals surface area contributed by atoms with Crippen LogP contribution in [0.5, 0.6) is 0 Å². The fraction of sp³-hybridized carbons (Fsp3) is 1.00. The van der Waals surface area contributed by atoms with Crippen molar-refractivity contribution in [2.24, 2.45) is 11.1 Å². The molecule has 0 aromatic rings. The Kier molecular flexibility index (Phi) is 4.11. The van der Waals surface area contributed by atoms with Gasteiger partial charge in [0.15, 0.2) is 0 Å². The van der Waals surface area contributed by atoms with E-state index in [0.29, 0.717) is 16.2 Å². The molecule has 2 heterocycles. The first-order chi connectivity index (χ1) is 8.00. The van der Waals surface area contributed by atoms with Gasteiger partial charge in [0.2, 0.25) is 0 Å². The van der Waals surface area contributed by atoms with Crippen molar-refractivity contribution in [3.63, 3.8) is 0 Å². The van der Waals surface area contributed by atoms with Gasteiger partial charge in [-0.3, -0.25) is 4.90 Å². The molecule has 2 aliphatic heterocycles. The van der Waals surface area contributed by atoms with Gasteiger partial charge in [0.05, 0.1) is 0 Å². The summed E-state index contributed by atoms with van der Waals surface area (Å²) in [4.78, 5) is 2.72. The predicted molar refractivity (Wildman–Crippen MR) is 77.5 cm³/mol. The summed E-state index contributed by atoms with van der Waals surface area (Å²) in [6.07, 6.45) is 5.29. The van der Waals surface area contributed by atoms with Crippen molar-refractivity contribution in [3.8, 4) is 0 Å². The molecule has 0 saturated carbocycles. The molecular weight excluding hydrogens is 228 g/mol. The lowest BCUT2D eigenvalue weighted by Gasteiger charge is -2.53. The van der Waals surface area contributed by atoms with Crippen LogP contribution in [0.3, 0.4) is 0 Å². The van der Waals surface area contributed by atoms with E-state index in [2.05, 4.69) is 37.4 Å². The first-order valence-electron chi connectivity index (χ1n) is 7.07. The van der Waals surface area contributed by atoms with Crippen molar-refractivity contribution >= 4 is 11.8 Å². The second kappa shape index (κ2) is 5.10. The van der Waals surface area contributed by atoms with Crippen molar-refractivity contribution in [2.75, 3.05) is 25.4 Å². The minimum absolute atomic E-state index is 0.291. The number of likely N-dealkylation sites (tertiary alicyclic amines) is 1. The van der Waals surface area contributed by atoms with Crippen molar-refractivity contribution < 1.29 is 0 Å². The molecule has 0 spiro atoms.